The number of aliphatic hydroxyl groups excluding tert-OH is 4. The van der Waals surface area contributed by atoms with Gasteiger partial charge in [0.15, 0.2) is 0 Å². The highest BCUT2D eigenvalue weighted by Gasteiger charge is 2.47. The fourth-order valence-electron chi connectivity index (χ4n) is 1.71. The molecule has 1 saturated heterocycles. The second kappa shape index (κ2) is 7.62. The normalized spacial score (nSPS) is 33.2. The average molecular weight is 268 g/mol. The van der Waals surface area contributed by atoms with E-state index >= 15 is 0 Å². The highest BCUT2D eigenvalue weighted by molar-refractivity contribution is 5.75. The lowest BCUT2D eigenvalue weighted by molar-refractivity contribution is -0.283. The van der Waals surface area contributed by atoms with Gasteiger partial charge in [-0.1, -0.05) is 0 Å². The Bertz CT molecular complexity index is 258. The summed E-state index contributed by atoms with van der Waals surface area (Å²) >= 11 is 0. The molecule has 0 aliphatic carbocycles. The Balaban J connectivity index is 0.00000137. The van der Waals surface area contributed by atoms with E-state index in [1.807, 2.05) is 0 Å². The zero-order valence-electron chi connectivity index (χ0n) is 10.1. The summed E-state index contributed by atoms with van der Waals surface area (Å²) in [5, 5.41) is 52.8. The van der Waals surface area contributed by atoms with E-state index in [-0.39, 0.29) is 19.4 Å². The van der Waals surface area contributed by atoms with E-state index in [1.165, 1.54) is 0 Å². The average Bonchev–Trinajstić information content (AvgIpc) is 2.30. The van der Waals surface area contributed by atoms with Crippen molar-refractivity contribution in [3.63, 3.8) is 0 Å². The van der Waals surface area contributed by atoms with Gasteiger partial charge in [-0.25, -0.2) is 4.79 Å². The summed E-state index contributed by atoms with van der Waals surface area (Å²) in [4.78, 5) is 10.7. The third-order valence-corrected chi connectivity index (χ3v) is 2.55. The lowest BCUT2D eigenvalue weighted by Crippen LogP contribution is -2.54. The lowest BCUT2D eigenvalue weighted by Gasteiger charge is -2.38. The quantitative estimate of drug-likeness (QED) is 0.332. The standard InChI is InChI=1S/C9H16O7.CH4O/c10-2-1-6(12)7-3-5(11)4-9(15,16-7)8(13)14;1-2/h5-7,10-12,15H,1-4H2,(H,13,14);2H,1H3/t5-,6-,7?,9?;/m1./s1. The maximum atomic E-state index is 10.7. The van der Waals surface area contributed by atoms with Crippen molar-refractivity contribution in [1.29, 1.82) is 0 Å². The van der Waals surface area contributed by atoms with Crippen LogP contribution in [0.3, 0.4) is 0 Å². The molecule has 8 nitrogen and oxygen atoms in total. The van der Waals surface area contributed by atoms with Crippen molar-refractivity contribution in [1.82, 2.24) is 0 Å². The molecule has 2 unspecified atom stereocenters. The first kappa shape index (κ1) is 17.2. The first-order valence-corrected chi connectivity index (χ1v) is 5.44. The van der Waals surface area contributed by atoms with Crippen molar-refractivity contribution in [2.24, 2.45) is 0 Å². The molecule has 0 aromatic carbocycles. The van der Waals surface area contributed by atoms with Crippen LogP contribution in [0.15, 0.2) is 0 Å². The van der Waals surface area contributed by atoms with Crippen molar-refractivity contribution in [3.05, 3.63) is 0 Å². The van der Waals surface area contributed by atoms with E-state index in [4.69, 9.17) is 20.1 Å². The maximum Gasteiger partial charge on any atom is 0.364 e. The number of carboxylic acid groups (broad SMARTS) is 1. The monoisotopic (exact) mass is 268 g/mol. The summed E-state index contributed by atoms with van der Waals surface area (Å²) < 4.78 is 4.86. The molecule has 0 saturated carbocycles. The minimum Gasteiger partial charge on any atom is -0.477 e. The van der Waals surface area contributed by atoms with Gasteiger partial charge in [0, 0.05) is 26.6 Å². The van der Waals surface area contributed by atoms with Crippen LogP contribution >= 0.6 is 0 Å². The second-order valence-corrected chi connectivity index (χ2v) is 3.92. The van der Waals surface area contributed by atoms with Gasteiger partial charge in [-0.2, -0.15) is 0 Å². The Morgan fingerprint density at radius 1 is 1.50 bits per heavy atom. The van der Waals surface area contributed by atoms with Crippen LogP contribution < -0.4 is 0 Å². The van der Waals surface area contributed by atoms with E-state index in [0.717, 1.165) is 7.11 Å². The van der Waals surface area contributed by atoms with Gasteiger partial charge in [0.25, 0.3) is 5.79 Å². The molecule has 0 aromatic rings. The fourth-order valence-corrected chi connectivity index (χ4v) is 1.71. The third kappa shape index (κ3) is 4.48. The third-order valence-electron chi connectivity index (χ3n) is 2.55. The molecule has 0 radical (unpaired) electrons. The van der Waals surface area contributed by atoms with Gasteiger partial charge >= 0.3 is 5.97 Å². The Labute approximate surface area is 104 Å². The Morgan fingerprint density at radius 3 is 2.50 bits per heavy atom. The predicted molar refractivity (Wildman–Crippen MR) is 58.6 cm³/mol. The number of rotatable bonds is 4. The summed E-state index contributed by atoms with van der Waals surface area (Å²) in [7, 11) is 1.00. The smallest absolute Gasteiger partial charge is 0.364 e. The Kier molecular flexibility index (Phi) is 7.29. The van der Waals surface area contributed by atoms with Gasteiger partial charge < -0.3 is 35.4 Å². The lowest BCUT2D eigenvalue weighted by atomic mass is 9.94. The highest BCUT2D eigenvalue weighted by Crippen LogP contribution is 2.29. The van der Waals surface area contributed by atoms with Crippen molar-refractivity contribution < 1.29 is 40.2 Å². The molecule has 8 heteroatoms. The van der Waals surface area contributed by atoms with Crippen molar-refractivity contribution in [2.45, 2.75) is 43.4 Å². The van der Waals surface area contributed by atoms with Crippen LogP contribution in [0.4, 0.5) is 0 Å². The van der Waals surface area contributed by atoms with Crippen LogP contribution in [-0.4, -0.2) is 74.4 Å². The molecule has 4 atom stereocenters. The molecule has 1 rings (SSSR count). The largest absolute Gasteiger partial charge is 0.477 e. The van der Waals surface area contributed by atoms with Gasteiger partial charge in [-0.15, -0.1) is 0 Å². The highest BCUT2D eigenvalue weighted by atomic mass is 16.7. The zero-order valence-corrected chi connectivity index (χ0v) is 10.1. The summed E-state index contributed by atoms with van der Waals surface area (Å²) in [6.07, 6.45) is -3.61. The predicted octanol–water partition coefficient (Wildman–Crippen LogP) is -2.35. The molecule has 0 aromatic heterocycles. The number of hydrogen-bond donors (Lipinski definition) is 6. The van der Waals surface area contributed by atoms with E-state index in [0.29, 0.717) is 0 Å². The Morgan fingerprint density at radius 2 is 2.06 bits per heavy atom. The van der Waals surface area contributed by atoms with Gasteiger partial charge in [0.1, 0.15) is 0 Å². The summed E-state index contributed by atoms with van der Waals surface area (Å²) in [6.45, 7) is -0.289. The summed E-state index contributed by atoms with van der Waals surface area (Å²) in [6, 6.07) is 0. The van der Waals surface area contributed by atoms with Crippen LogP contribution in [0, 0.1) is 0 Å². The summed E-state index contributed by atoms with van der Waals surface area (Å²) in [5.41, 5.74) is 0. The fraction of sp³-hybridized carbons (Fsp3) is 0.900. The molecule has 6 N–H and O–H groups in total. The zero-order chi connectivity index (χ0) is 14.3. The van der Waals surface area contributed by atoms with Crippen LogP contribution in [0.1, 0.15) is 19.3 Å². The number of carbonyl (C=O) groups is 1. The van der Waals surface area contributed by atoms with Gasteiger partial charge in [-0.05, 0) is 6.42 Å². The van der Waals surface area contributed by atoms with Crippen LogP contribution in [0.25, 0.3) is 0 Å². The topological polar surface area (TPSA) is 148 Å². The maximum absolute atomic E-state index is 10.7. The number of aliphatic carboxylic acids is 1. The molecule has 1 fully saturated rings. The molecule has 0 bridgehead atoms. The summed E-state index contributed by atoms with van der Waals surface area (Å²) in [5.74, 6) is -4.08. The first-order valence-electron chi connectivity index (χ1n) is 5.44. The molecule has 1 aliphatic heterocycles. The van der Waals surface area contributed by atoms with E-state index in [2.05, 4.69) is 0 Å². The minimum absolute atomic E-state index is 0.00686. The number of ether oxygens (including phenoxy) is 1. The number of carboxylic acids is 1. The van der Waals surface area contributed by atoms with E-state index in [9.17, 15) is 20.1 Å². The van der Waals surface area contributed by atoms with E-state index in [1.54, 1.807) is 0 Å². The molecular weight excluding hydrogens is 248 g/mol. The van der Waals surface area contributed by atoms with Crippen LogP contribution in [-0.2, 0) is 9.53 Å². The molecular formula is C10H20O8. The van der Waals surface area contributed by atoms with Crippen LogP contribution in [0.2, 0.25) is 0 Å². The van der Waals surface area contributed by atoms with Crippen molar-refractivity contribution in [2.75, 3.05) is 13.7 Å². The minimum atomic E-state index is -2.47. The van der Waals surface area contributed by atoms with E-state index < -0.39 is 36.5 Å². The molecule has 0 amide bonds. The second-order valence-electron chi connectivity index (χ2n) is 3.92. The van der Waals surface area contributed by atoms with Crippen molar-refractivity contribution in [3.8, 4) is 0 Å². The van der Waals surface area contributed by atoms with Gasteiger partial charge in [-0.3, -0.25) is 0 Å². The number of aliphatic hydroxyl groups is 5. The van der Waals surface area contributed by atoms with Gasteiger partial charge in [0.05, 0.1) is 18.3 Å². The Hall–Kier alpha value is -0.770. The van der Waals surface area contributed by atoms with Crippen LogP contribution in [0.5, 0.6) is 0 Å². The first-order chi connectivity index (χ1) is 8.39. The molecule has 1 aliphatic rings. The SMILES string of the molecule is CO.O=C(O)C1(O)C[C@H](O)CC([C@H](O)CCO)O1. The molecule has 0 spiro atoms. The molecule has 108 valence electrons. The van der Waals surface area contributed by atoms with Crippen molar-refractivity contribution >= 4 is 5.97 Å². The molecule has 1 heterocycles. The molecule has 18 heavy (non-hydrogen) atoms. The van der Waals surface area contributed by atoms with Gasteiger partial charge in [0.2, 0.25) is 0 Å². The number of hydrogen-bond acceptors (Lipinski definition) is 7.